The molecule has 0 fully saturated rings. The molecular weight excluding hydrogens is 258 g/mol. The molecule has 1 aromatic rings. The number of esters is 1. The Morgan fingerprint density at radius 2 is 2.00 bits per heavy atom. The number of alkyl halides is 2. The van der Waals surface area contributed by atoms with Crippen LogP contribution in [0.15, 0.2) is 30.3 Å². The fourth-order valence-corrected chi connectivity index (χ4v) is 1.28. The number of allylic oxidation sites excluding steroid dienone is 1. The van der Waals surface area contributed by atoms with Gasteiger partial charge in [0.1, 0.15) is 12.2 Å². The van der Waals surface area contributed by atoms with Gasteiger partial charge >= 0.3 is 12.6 Å². The molecule has 0 aliphatic rings. The number of para-hydroxylation sites is 1. The van der Waals surface area contributed by atoms with Crippen LogP contribution in [-0.4, -0.2) is 25.5 Å². The summed E-state index contributed by atoms with van der Waals surface area (Å²) in [5.74, 6) is -1.19. The molecule has 0 aliphatic heterocycles. The molecule has 0 N–H and O–H groups in total. The summed E-state index contributed by atoms with van der Waals surface area (Å²) in [5, 5.41) is 0. The molecule has 0 aliphatic carbocycles. The smallest absolute Gasteiger partial charge is 0.387 e. The molecule has 0 saturated heterocycles. The SMILES string of the molecule is COC(=O)CC(=O)C=Cc1ccccc1OC(F)F. The van der Waals surface area contributed by atoms with Crippen LogP contribution < -0.4 is 4.74 Å². The quantitative estimate of drug-likeness (QED) is 0.452. The summed E-state index contributed by atoms with van der Waals surface area (Å²) in [6.45, 7) is -2.94. The second-order valence-electron chi connectivity index (χ2n) is 3.47. The number of benzene rings is 1. The zero-order valence-corrected chi connectivity index (χ0v) is 10.1. The van der Waals surface area contributed by atoms with Crippen molar-refractivity contribution in [3.05, 3.63) is 35.9 Å². The van der Waals surface area contributed by atoms with Gasteiger partial charge in [-0.2, -0.15) is 8.78 Å². The maximum atomic E-state index is 12.1. The van der Waals surface area contributed by atoms with Gasteiger partial charge in [0.15, 0.2) is 5.78 Å². The summed E-state index contributed by atoms with van der Waals surface area (Å²) in [6, 6.07) is 6.02. The van der Waals surface area contributed by atoms with E-state index in [2.05, 4.69) is 9.47 Å². The molecular formula is C13H12F2O4. The molecule has 0 heterocycles. The standard InChI is InChI=1S/C13H12F2O4/c1-18-12(17)8-10(16)7-6-9-4-2-3-5-11(9)19-13(14)15/h2-7,13H,8H2,1H3. The molecule has 0 atom stereocenters. The van der Waals surface area contributed by atoms with Crippen LogP contribution in [0.5, 0.6) is 5.75 Å². The van der Waals surface area contributed by atoms with E-state index in [0.29, 0.717) is 5.56 Å². The molecule has 1 rings (SSSR count). The minimum Gasteiger partial charge on any atom is -0.469 e. The van der Waals surface area contributed by atoms with Crippen molar-refractivity contribution in [2.45, 2.75) is 13.0 Å². The van der Waals surface area contributed by atoms with Crippen LogP contribution in [0, 0.1) is 0 Å². The van der Waals surface area contributed by atoms with Crippen molar-refractivity contribution in [2.75, 3.05) is 7.11 Å². The van der Waals surface area contributed by atoms with Crippen LogP contribution in [0.25, 0.3) is 6.08 Å². The van der Waals surface area contributed by atoms with Crippen LogP contribution in [0.2, 0.25) is 0 Å². The normalized spacial score (nSPS) is 10.7. The van der Waals surface area contributed by atoms with Crippen molar-refractivity contribution in [1.82, 2.24) is 0 Å². The van der Waals surface area contributed by atoms with Gasteiger partial charge in [-0.15, -0.1) is 0 Å². The summed E-state index contributed by atoms with van der Waals surface area (Å²) in [4.78, 5) is 22.2. The van der Waals surface area contributed by atoms with Crippen molar-refractivity contribution in [3.63, 3.8) is 0 Å². The lowest BCUT2D eigenvalue weighted by Gasteiger charge is -2.07. The molecule has 0 unspecified atom stereocenters. The molecule has 6 heteroatoms. The van der Waals surface area contributed by atoms with Crippen LogP contribution >= 0.6 is 0 Å². The highest BCUT2D eigenvalue weighted by molar-refractivity contribution is 6.04. The van der Waals surface area contributed by atoms with Crippen LogP contribution in [0.3, 0.4) is 0 Å². The van der Waals surface area contributed by atoms with Crippen LogP contribution in [-0.2, 0) is 14.3 Å². The van der Waals surface area contributed by atoms with Gasteiger partial charge in [-0.3, -0.25) is 9.59 Å². The van der Waals surface area contributed by atoms with E-state index in [-0.39, 0.29) is 5.75 Å². The average molecular weight is 270 g/mol. The molecule has 0 spiro atoms. The first-order valence-corrected chi connectivity index (χ1v) is 5.34. The summed E-state index contributed by atoms with van der Waals surface area (Å²) in [6.07, 6.45) is 2.03. The Morgan fingerprint density at radius 3 is 2.63 bits per heavy atom. The molecule has 4 nitrogen and oxygen atoms in total. The molecule has 0 radical (unpaired) electrons. The van der Waals surface area contributed by atoms with Gasteiger partial charge < -0.3 is 9.47 Å². The molecule has 19 heavy (non-hydrogen) atoms. The number of ketones is 1. The van der Waals surface area contributed by atoms with Crippen molar-refractivity contribution in [2.24, 2.45) is 0 Å². The van der Waals surface area contributed by atoms with Gasteiger partial charge in [-0.05, 0) is 18.2 Å². The number of ether oxygens (including phenoxy) is 2. The highest BCUT2D eigenvalue weighted by Gasteiger charge is 2.09. The van der Waals surface area contributed by atoms with E-state index in [4.69, 9.17) is 0 Å². The molecule has 1 aromatic carbocycles. The number of hydrogen-bond acceptors (Lipinski definition) is 4. The van der Waals surface area contributed by atoms with Gasteiger partial charge in [0.2, 0.25) is 0 Å². The third-order valence-corrected chi connectivity index (χ3v) is 2.13. The lowest BCUT2D eigenvalue weighted by Crippen LogP contribution is -2.06. The predicted molar refractivity (Wildman–Crippen MR) is 63.7 cm³/mol. The molecule has 0 saturated carbocycles. The first-order valence-electron chi connectivity index (χ1n) is 5.34. The second kappa shape index (κ2) is 7.25. The number of carbonyl (C=O) groups excluding carboxylic acids is 2. The number of methoxy groups -OCH3 is 1. The van der Waals surface area contributed by atoms with E-state index in [1.165, 1.54) is 31.4 Å². The Morgan fingerprint density at radius 1 is 1.32 bits per heavy atom. The largest absolute Gasteiger partial charge is 0.469 e. The van der Waals surface area contributed by atoms with Crippen molar-refractivity contribution < 1.29 is 27.8 Å². The summed E-state index contributed by atoms with van der Waals surface area (Å²) in [5.41, 5.74) is 0.320. The highest BCUT2D eigenvalue weighted by Crippen LogP contribution is 2.21. The monoisotopic (exact) mass is 270 g/mol. The van der Waals surface area contributed by atoms with Crippen molar-refractivity contribution >= 4 is 17.8 Å². The van der Waals surface area contributed by atoms with Crippen LogP contribution in [0.1, 0.15) is 12.0 Å². The van der Waals surface area contributed by atoms with Gasteiger partial charge in [-0.1, -0.05) is 18.2 Å². The van der Waals surface area contributed by atoms with Gasteiger partial charge in [0, 0.05) is 5.56 Å². The summed E-state index contributed by atoms with van der Waals surface area (Å²) < 4.78 is 32.9. The fraction of sp³-hybridized carbons (Fsp3) is 0.231. The summed E-state index contributed by atoms with van der Waals surface area (Å²) >= 11 is 0. The fourth-order valence-electron chi connectivity index (χ4n) is 1.28. The average Bonchev–Trinajstić information content (AvgIpc) is 2.37. The van der Waals surface area contributed by atoms with E-state index in [0.717, 1.165) is 6.08 Å². The third kappa shape index (κ3) is 5.29. The Kier molecular flexibility index (Phi) is 5.66. The van der Waals surface area contributed by atoms with Crippen molar-refractivity contribution in [3.8, 4) is 5.75 Å². The minimum absolute atomic E-state index is 0.0420. The van der Waals surface area contributed by atoms with E-state index < -0.39 is 24.8 Å². The molecule has 0 aromatic heterocycles. The zero-order chi connectivity index (χ0) is 14.3. The maximum absolute atomic E-state index is 12.1. The van der Waals surface area contributed by atoms with Gasteiger partial charge in [0.25, 0.3) is 0 Å². The first kappa shape index (κ1) is 14.8. The minimum atomic E-state index is -2.94. The predicted octanol–water partition coefficient (Wildman–Crippen LogP) is 2.43. The van der Waals surface area contributed by atoms with E-state index in [1.54, 1.807) is 6.07 Å². The van der Waals surface area contributed by atoms with Crippen molar-refractivity contribution in [1.29, 1.82) is 0 Å². The zero-order valence-electron chi connectivity index (χ0n) is 10.1. The first-order chi connectivity index (χ1) is 9.02. The maximum Gasteiger partial charge on any atom is 0.387 e. The summed E-state index contributed by atoms with van der Waals surface area (Å²) in [7, 11) is 1.17. The number of rotatable bonds is 6. The second-order valence-corrected chi connectivity index (χ2v) is 3.47. The van der Waals surface area contributed by atoms with Gasteiger partial charge in [0.05, 0.1) is 7.11 Å². The van der Waals surface area contributed by atoms with E-state index in [9.17, 15) is 18.4 Å². The lowest BCUT2D eigenvalue weighted by molar-refractivity contribution is -0.142. The third-order valence-electron chi connectivity index (χ3n) is 2.13. The Hall–Kier alpha value is -2.24. The van der Waals surface area contributed by atoms with E-state index >= 15 is 0 Å². The molecule has 102 valence electrons. The molecule has 0 amide bonds. The van der Waals surface area contributed by atoms with Gasteiger partial charge in [-0.25, -0.2) is 0 Å². The number of carbonyl (C=O) groups is 2. The Balaban J connectivity index is 2.75. The Labute approximate surface area is 108 Å². The topological polar surface area (TPSA) is 52.6 Å². The highest BCUT2D eigenvalue weighted by atomic mass is 19.3. The van der Waals surface area contributed by atoms with Crippen LogP contribution in [0.4, 0.5) is 8.78 Å². The lowest BCUT2D eigenvalue weighted by atomic mass is 10.1. The number of halogens is 2. The number of hydrogen-bond donors (Lipinski definition) is 0. The van der Waals surface area contributed by atoms with E-state index in [1.807, 2.05) is 0 Å². The Bertz CT molecular complexity index is 483. The molecule has 0 bridgehead atoms.